The van der Waals surface area contributed by atoms with E-state index in [0.29, 0.717) is 24.2 Å². The van der Waals surface area contributed by atoms with E-state index in [4.69, 9.17) is 0 Å². The van der Waals surface area contributed by atoms with Gasteiger partial charge in [0.1, 0.15) is 0 Å². The van der Waals surface area contributed by atoms with Crippen LogP contribution in [0.15, 0.2) is 52.9 Å². The van der Waals surface area contributed by atoms with Crippen molar-refractivity contribution in [2.75, 3.05) is 16.2 Å². The molecular formula is C18H16N4O3S2. The molecule has 0 saturated heterocycles. The largest absolute Gasteiger partial charge is 0.296 e. The van der Waals surface area contributed by atoms with Crippen molar-refractivity contribution in [1.29, 1.82) is 0 Å². The number of carbonyl (C=O) groups is 1. The molecule has 9 heteroatoms. The van der Waals surface area contributed by atoms with Gasteiger partial charge in [-0.2, -0.15) is 8.42 Å². The number of amides is 1. The molecule has 2 heterocycles. The van der Waals surface area contributed by atoms with E-state index in [9.17, 15) is 13.2 Å². The molecule has 1 amide bonds. The molecule has 2 aromatic carbocycles. The Balaban J connectivity index is 1.55. The van der Waals surface area contributed by atoms with Crippen LogP contribution in [0.2, 0.25) is 0 Å². The summed E-state index contributed by atoms with van der Waals surface area (Å²) in [5.41, 5.74) is 3.16. The van der Waals surface area contributed by atoms with Crippen molar-refractivity contribution in [3.05, 3.63) is 65.2 Å². The second-order valence-electron chi connectivity index (χ2n) is 6.15. The minimum absolute atomic E-state index is 0.140. The number of nitrogens with zero attached hydrogens (tertiary/aromatic N) is 3. The third kappa shape index (κ3) is 3.31. The molecule has 138 valence electrons. The van der Waals surface area contributed by atoms with E-state index in [1.807, 2.05) is 31.2 Å². The Labute approximate surface area is 160 Å². The summed E-state index contributed by atoms with van der Waals surface area (Å²) in [5, 5.41) is 10.4. The monoisotopic (exact) mass is 400 g/mol. The number of rotatable bonds is 4. The van der Waals surface area contributed by atoms with Crippen LogP contribution in [0.4, 0.5) is 10.8 Å². The number of benzene rings is 2. The van der Waals surface area contributed by atoms with E-state index in [-0.39, 0.29) is 15.4 Å². The van der Waals surface area contributed by atoms with Crippen molar-refractivity contribution in [1.82, 2.24) is 10.2 Å². The van der Waals surface area contributed by atoms with Crippen LogP contribution in [0.5, 0.6) is 0 Å². The number of carbonyl (C=O) groups excluding carboxylic acids is 1. The molecule has 0 aliphatic carbocycles. The van der Waals surface area contributed by atoms with E-state index in [0.717, 1.165) is 22.5 Å². The van der Waals surface area contributed by atoms with Gasteiger partial charge in [0.25, 0.3) is 20.3 Å². The Morgan fingerprint density at radius 1 is 1.11 bits per heavy atom. The molecule has 7 nitrogen and oxygen atoms in total. The summed E-state index contributed by atoms with van der Waals surface area (Å²) in [5.74, 6) is -0.360. The molecule has 0 atom stereocenters. The fourth-order valence-electron chi connectivity index (χ4n) is 2.89. The van der Waals surface area contributed by atoms with Gasteiger partial charge in [0.15, 0.2) is 0 Å². The standard InChI is InChI=1S/C18H16N4O3S2/c1-12-6-8-14(9-7-12)16(23)19-17-20-21-18(26-17)27(24,25)22-11-10-13-4-2-3-5-15(13)22/h2-9H,10-11H2,1H3,(H,19,20,23). The fourth-order valence-corrected chi connectivity index (χ4v) is 5.39. The van der Waals surface area contributed by atoms with Crippen molar-refractivity contribution >= 4 is 38.1 Å². The van der Waals surface area contributed by atoms with Crippen LogP contribution in [0.1, 0.15) is 21.5 Å². The van der Waals surface area contributed by atoms with Crippen molar-refractivity contribution in [2.24, 2.45) is 0 Å². The predicted molar refractivity (Wildman–Crippen MR) is 104 cm³/mol. The molecule has 0 radical (unpaired) electrons. The number of hydrogen-bond donors (Lipinski definition) is 1. The number of para-hydroxylation sites is 1. The van der Waals surface area contributed by atoms with Gasteiger partial charge in [-0.05, 0) is 37.1 Å². The summed E-state index contributed by atoms with van der Waals surface area (Å²) in [7, 11) is -3.81. The maximum Gasteiger partial charge on any atom is 0.293 e. The molecule has 1 N–H and O–H groups in total. The molecule has 0 saturated carbocycles. The number of anilines is 2. The van der Waals surface area contributed by atoms with Gasteiger partial charge < -0.3 is 0 Å². The van der Waals surface area contributed by atoms with Gasteiger partial charge in [-0.3, -0.25) is 14.4 Å². The van der Waals surface area contributed by atoms with Crippen molar-refractivity contribution < 1.29 is 13.2 Å². The van der Waals surface area contributed by atoms with Gasteiger partial charge in [0.2, 0.25) is 5.13 Å². The molecule has 0 spiro atoms. The van der Waals surface area contributed by atoms with Crippen LogP contribution in [-0.4, -0.2) is 31.1 Å². The van der Waals surface area contributed by atoms with E-state index in [2.05, 4.69) is 15.5 Å². The molecule has 3 aromatic rings. The molecule has 4 rings (SSSR count). The van der Waals surface area contributed by atoms with Gasteiger partial charge in [0.05, 0.1) is 5.69 Å². The Bertz CT molecular complexity index is 1110. The number of fused-ring (bicyclic) bond motifs is 1. The summed E-state index contributed by atoms with van der Waals surface area (Å²) in [6.07, 6.45) is 0.658. The lowest BCUT2D eigenvalue weighted by Gasteiger charge is -2.17. The van der Waals surface area contributed by atoms with Crippen LogP contribution in [0.25, 0.3) is 0 Å². The third-order valence-electron chi connectivity index (χ3n) is 4.30. The summed E-state index contributed by atoms with van der Waals surface area (Å²) < 4.78 is 27.1. The van der Waals surface area contributed by atoms with E-state index in [1.165, 1.54) is 4.31 Å². The van der Waals surface area contributed by atoms with Crippen LogP contribution in [0, 0.1) is 6.92 Å². The first-order valence-electron chi connectivity index (χ1n) is 8.27. The summed E-state index contributed by atoms with van der Waals surface area (Å²) in [6.45, 7) is 2.30. The van der Waals surface area contributed by atoms with Crippen molar-refractivity contribution in [2.45, 2.75) is 17.7 Å². The molecule has 27 heavy (non-hydrogen) atoms. The number of nitrogens with one attached hydrogen (secondary N) is 1. The van der Waals surface area contributed by atoms with Crippen LogP contribution in [0.3, 0.4) is 0 Å². The lowest BCUT2D eigenvalue weighted by molar-refractivity contribution is 0.102. The maximum absolute atomic E-state index is 12.9. The number of hydrogen-bond acceptors (Lipinski definition) is 6. The molecule has 0 unspecified atom stereocenters. The Kier molecular flexibility index (Phi) is 4.40. The maximum atomic E-state index is 12.9. The molecule has 0 bridgehead atoms. The SMILES string of the molecule is Cc1ccc(C(=O)Nc2nnc(S(=O)(=O)N3CCc4ccccc43)s2)cc1. The normalized spacial score (nSPS) is 13.4. The van der Waals surface area contributed by atoms with Gasteiger partial charge in [-0.1, -0.05) is 47.2 Å². The first-order valence-corrected chi connectivity index (χ1v) is 10.5. The fraction of sp³-hybridized carbons (Fsp3) is 0.167. The highest BCUT2D eigenvalue weighted by Crippen LogP contribution is 2.34. The van der Waals surface area contributed by atoms with E-state index in [1.54, 1.807) is 24.3 Å². The average molecular weight is 400 g/mol. The Morgan fingerprint density at radius 3 is 2.63 bits per heavy atom. The Hall–Kier alpha value is -2.78. The predicted octanol–water partition coefficient (Wildman–Crippen LogP) is 2.85. The zero-order valence-electron chi connectivity index (χ0n) is 14.4. The highest BCUT2D eigenvalue weighted by molar-refractivity contribution is 7.94. The topological polar surface area (TPSA) is 92.3 Å². The first kappa shape index (κ1) is 17.6. The lowest BCUT2D eigenvalue weighted by Crippen LogP contribution is -2.29. The number of sulfonamides is 1. The lowest BCUT2D eigenvalue weighted by atomic mass is 10.1. The minimum atomic E-state index is -3.81. The summed E-state index contributed by atoms with van der Waals surface area (Å²) >= 11 is 0.844. The van der Waals surface area contributed by atoms with E-state index >= 15 is 0 Å². The summed E-state index contributed by atoms with van der Waals surface area (Å²) in [4.78, 5) is 12.3. The third-order valence-corrected chi connectivity index (χ3v) is 7.29. The smallest absolute Gasteiger partial charge is 0.293 e. The highest BCUT2D eigenvalue weighted by atomic mass is 32.2. The zero-order valence-corrected chi connectivity index (χ0v) is 16.0. The van der Waals surface area contributed by atoms with Gasteiger partial charge in [-0.15, -0.1) is 10.2 Å². The first-order chi connectivity index (χ1) is 12.9. The Morgan fingerprint density at radius 2 is 1.85 bits per heavy atom. The van der Waals surface area contributed by atoms with Crippen LogP contribution < -0.4 is 9.62 Å². The second-order valence-corrected chi connectivity index (χ2v) is 9.16. The van der Waals surface area contributed by atoms with Gasteiger partial charge in [-0.25, -0.2) is 0 Å². The van der Waals surface area contributed by atoms with E-state index < -0.39 is 10.0 Å². The minimum Gasteiger partial charge on any atom is -0.296 e. The molecule has 1 aliphatic rings. The molecular weight excluding hydrogens is 384 g/mol. The second kappa shape index (κ2) is 6.75. The van der Waals surface area contributed by atoms with Crippen molar-refractivity contribution in [3.63, 3.8) is 0 Å². The number of aromatic nitrogens is 2. The quantitative estimate of drug-likeness (QED) is 0.680. The number of aryl methyl sites for hydroxylation is 1. The molecule has 1 aromatic heterocycles. The zero-order chi connectivity index (χ0) is 19.0. The van der Waals surface area contributed by atoms with Crippen molar-refractivity contribution in [3.8, 4) is 0 Å². The molecule has 0 fully saturated rings. The summed E-state index contributed by atoms with van der Waals surface area (Å²) in [6, 6.07) is 14.4. The van der Waals surface area contributed by atoms with Crippen LogP contribution >= 0.6 is 11.3 Å². The van der Waals surface area contributed by atoms with Crippen LogP contribution in [-0.2, 0) is 16.4 Å². The molecule has 1 aliphatic heterocycles. The van der Waals surface area contributed by atoms with Gasteiger partial charge >= 0.3 is 0 Å². The average Bonchev–Trinajstić information content (AvgIpc) is 3.29. The highest BCUT2D eigenvalue weighted by Gasteiger charge is 2.33. The van der Waals surface area contributed by atoms with Gasteiger partial charge in [0, 0.05) is 12.1 Å².